The third-order valence-corrected chi connectivity index (χ3v) is 3.51. The zero-order valence-corrected chi connectivity index (χ0v) is 12.4. The summed E-state index contributed by atoms with van der Waals surface area (Å²) in [6.07, 6.45) is 0.632. The highest BCUT2D eigenvalue weighted by Crippen LogP contribution is 2.31. The minimum Gasteiger partial charge on any atom is -0.496 e. The van der Waals surface area contributed by atoms with Crippen molar-refractivity contribution in [2.24, 2.45) is 0 Å². The third-order valence-electron chi connectivity index (χ3n) is 3.51. The molecule has 6 heteroatoms. The topological polar surface area (TPSA) is 57.0 Å². The molecule has 0 amide bonds. The zero-order chi connectivity index (χ0) is 16.2. The van der Waals surface area contributed by atoms with Crippen molar-refractivity contribution in [3.8, 4) is 17.0 Å². The SMILES string of the molecule is COc1ccccc1-c1c(C=O)nnn1Cc1ccccc1F. The molecule has 0 atom stereocenters. The van der Waals surface area contributed by atoms with Crippen molar-refractivity contribution in [1.82, 2.24) is 15.0 Å². The van der Waals surface area contributed by atoms with E-state index in [1.54, 1.807) is 31.4 Å². The van der Waals surface area contributed by atoms with Crippen molar-refractivity contribution in [3.63, 3.8) is 0 Å². The molecule has 0 bridgehead atoms. The lowest BCUT2D eigenvalue weighted by atomic mass is 10.1. The van der Waals surface area contributed by atoms with Gasteiger partial charge in [-0.2, -0.15) is 0 Å². The number of carbonyl (C=O) groups is 1. The number of hydrogen-bond acceptors (Lipinski definition) is 4. The van der Waals surface area contributed by atoms with Crippen LogP contribution in [0.25, 0.3) is 11.3 Å². The van der Waals surface area contributed by atoms with Crippen molar-refractivity contribution in [2.75, 3.05) is 7.11 Å². The number of aromatic nitrogens is 3. The molecule has 0 saturated carbocycles. The van der Waals surface area contributed by atoms with E-state index in [9.17, 15) is 9.18 Å². The van der Waals surface area contributed by atoms with Gasteiger partial charge in [0.05, 0.1) is 13.7 Å². The van der Waals surface area contributed by atoms with Gasteiger partial charge in [-0.15, -0.1) is 5.10 Å². The molecule has 5 nitrogen and oxygen atoms in total. The predicted octanol–water partition coefficient (Wildman–Crippen LogP) is 2.95. The maximum atomic E-state index is 13.9. The maximum absolute atomic E-state index is 13.9. The molecule has 2 aromatic carbocycles. The van der Waals surface area contributed by atoms with Gasteiger partial charge in [-0.25, -0.2) is 9.07 Å². The van der Waals surface area contributed by atoms with Gasteiger partial charge < -0.3 is 4.74 Å². The molecule has 23 heavy (non-hydrogen) atoms. The van der Waals surface area contributed by atoms with E-state index in [1.807, 2.05) is 18.2 Å². The molecule has 0 N–H and O–H groups in total. The minimum atomic E-state index is -0.332. The minimum absolute atomic E-state index is 0.168. The Labute approximate surface area is 132 Å². The molecular weight excluding hydrogens is 297 g/mol. The van der Waals surface area contributed by atoms with Crippen LogP contribution in [-0.2, 0) is 6.54 Å². The van der Waals surface area contributed by atoms with Gasteiger partial charge in [0, 0.05) is 11.1 Å². The van der Waals surface area contributed by atoms with E-state index in [0.717, 1.165) is 0 Å². The van der Waals surface area contributed by atoms with E-state index in [2.05, 4.69) is 10.3 Å². The lowest BCUT2D eigenvalue weighted by Gasteiger charge is -2.11. The Bertz CT molecular complexity index is 845. The van der Waals surface area contributed by atoms with Gasteiger partial charge in [-0.1, -0.05) is 35.5 Å². The van der Waals surface area contributed by atoms with E-state index in [1.165, 1.54) is 10.7 Å². The van der Waals surface area contributed by atoms with Crippen molar-refractivity contribution in [2.45, 2.75) is 6.54 Å². The number of halogens is 1. The summed E-state index contributed by atoms with van der Waals surface area (Å²) in [6.45, 7) is 0.168. The van der Waals surface area contributed by atoms with Crippen LogP contribution >= 0.6 is 0 Å². The smallest absolute Gasteiger partial charge is 0.172 e. The summed E-state index contributed by atoms with van der Waals surface area (Å²) in [5.41, 5.74) is 1.83. The van der Waals surface area contributed by atoms with Crippen LogP contribution in [0.4, 0.5) is 4.39 Å². The average Bonchev–Trinajstić information content (AvgIpc) is 2.99. The molecule has 0 spiro atoms. The lowest BCUT2D eigenvalue weighted by molar-refractivity contribution is 0.111. The van der Waals surface area contributed by atoms with Crippen LogP contribution in [0.15, 0.2) is 48.5 Å². The fraction of sp³-hybridized carbons (Fsp3) is 0.118. The third kappa shape index (κ3) is 2.83. The maximum Gasteiger partial charge on any atom is 0.172 e. The second kappa shape index (κ2) is 6.39. The number of nitrogens with zero attached hydrogens (tertiary/aromatic N) is 3. The van der Waals surface area contributed by atoms with Gasteiger partial charge in [-0.05, 0) is 18.2 Å². The fourth-order valence-electron chi connectivity index (χ4n) is 2.42. The van der Waals surface area contributed by atoms with Crippen LogP contribution < -0.4 is 4.74 Å². The molecule has 0 unspecified atom stereocenters. The van der Waals surface area contributed by atoms with Crippen molar-refractivity contribution in [3.05, 3.63) is 65.6 Å². The first-order chi connectivity index (χ1) is 11.2. The Kier molecular flexibility index (Phi) is 4.14. The molecule has 0 aliphatic carbocycles. The summed E-state index contributed by atoms with van der Waals surface area (Å²) < 4.78 is 20.7. The second-order valence-electron chi connectivity index (χ2n) is 4.89. The number of rotatable bonds is 5. The van der Waals surface area contributed by atoms with Crippen LogP contribution in [0.1, 0.15) is 16.1 Å². The van der Waals surface area contributed by atoms with Crippen molar-refractivity contribution >= 4 is 6.29 Å². The summed E-state index contributed by atoms with van der Waals surface area (Å²) in [5.74, 6) is 0.259. The molecule has 0 aliphatic heterocycles. The summed E-state index contributed by atoms with van der Waals surface area (Å²) in [5, 5.41) is 7.87. The zero-order valence-electron chi connectivity index (χ0n) is 12.4. The van der Waals surface area contributed by atoms with Gasteiger partial charge in [0.25, 0.3) is 0 Å². The number of carbonyl (C=O) groups excluding carboxylic acids is 1. The largest absolute Gasteiger partial charge is 0.496 e. The lowest BCUT2D eigenvalue weighted by Crippen LogP contribution is -2.06. The molecule has 3 rings (SSSR count). The standard InChI is InChI=1S/C17H14FN3O2/c1-23-16-9-5-3-7-13(16)17-15(11-22)19-20-21(17)10-12-6-2-4-8-14(12)18/h2-9,11H,10H2,1H3. The summed E-state index contributed by atoms with van der Waals surface area (Å²) in [6, 6.07) is 13.7. The molecule has 116 valence electrons. The van der Waals surface area contributed by atoms with Crippen LogP contribution in [0.2, 0.25) is 0 Å². The number of benzene rings is 2. The van der Waals surface area contributed by atoms with Crippen LogP contribution in [0.3, 0.4) is 0 Å². The quantitative estimate of drug-likeness (QED) is 0.680. The number of methoxy groups -OCH3 is 1. The number of aldehydes is 1. The highest BCUT2D eigenvalue weighted by atomic mass is 19.1. The highest BCUT2D eigenvalue weighted by Gasteiger charge is 2.18. The fourth-order valence-corrected chi connectivity index (χ4v) is 2.42. The van der Waals surface area contributed by atoms with E-state index < -0.39 is 0 Å². The van der Waals surface area contributed by atoms with Gasteiger partial charge in [0.1, 0.15) is 17.3 Å². The molecule has 3 aromatic rings. The summed E-state index contributed by atoms with van der Waals surface area (Å²) >= 11 is 0. The van der Waals surface area contributed by atoms with Crippen LogP contribution in [0, 0.1) is 5.82 Å². The Morgan fingerprint density at radius 2 is 1.91 bits per heavy atom. The van der Waals surface area contributed by atoms with Gasteiger partial charge in [0.2, 0.25) is 0 Å². The highest BCUT2D eigenvalue weighted by molar-refractivity contribution is 5.85. The van der Waals surface area contributed by atoms with E-state index >= 15 is 0 Å². The van der Waals surface area contributed by atoms with E-state index in [4.69, 9.17) is 4.74 Å². The Morgan fingerprint density at radius 3 is 2.65 bits per heavy atom. The molecule has 0 fully saturated rings. The summed E-state index contributed by atoms with van der Waals surface area (Å²) in [4.78, 5) is 11.3. The average molecular weight is 311 g/mol. The number of hydrogen-bond donors (Lipinski definition) is 0. The van der Waals surface area contributed by atoms with Crippen molar-refractivity contribution < 1.29 is 13.9 Å². The Morgan fingerprint density at radius 1 is 1.17 bits per heavy atom. The van der Waals surface area contributed by atoms with E-state index in [0.29, 0.717) is 28.9 Å². The first-order valence-electron chi connectivity index (χ1n) is 7.00. The molecular formula is C17H14FN3O2. The Balaban J connectivity index is 2.11. The first kappa shape index (κ1) is 14.9. The van der Waals surface area contributed by atoms with Crippen LogP contribution in [-0.4, -0.2) is 28.4 Å². The predicted molar refractivity (Wildman–Crippen MR) is 82.9 cm³/mol. The summed E-state index contributed by atoms with van der Waals surface area (Å²) in [7, 11) is 1.55. The van der Waals surface area contributed by atoms with E-state index in [-0.39, 0.29) is 18.1 Å². The first-order valence-corrected chi connectivity index (χ1v) is 7.00. The number of para-hydroxylation sites is 1. The van der Waals surface area contributed by atoms with Gasteiger partial charge >= 0.3 is 0 Å². The molecule has 1 aromatic heterocycles. The monoisotopic (exact) mass is 311 g/mol. The molecule has 0 aliphatic rings. The van der Waals surface area contributed by atoms with Crippen LogP contribution in [0.5, 0.6) is 5.75 Å². The molecule has 0 radical (unpaired) electrons. The second-order valence-corrected chi connectivity index (χ2v) is 4.89. The Hall–Kier alpha value is -3.02. The normalized spacial score (nSPS) is 10.5. The molecule has 1 heterocycles. The molecule has 0 saturated heterocycles. The number of ether oxygens (including phenoxy) is 1. The van der Waals surface area contributed by atoms with Gasteiger partial charge in [0.15, 0.2) is 12.0 Å². The van der Waals surface area contributed by atoms with Gasteiger partial charge in [-0.3, -0.25) is 4.79 Å². The van der Waals surface area contributed by atoms with Crippen molar-refractivity contribution in [1.29, 1.82) is 0 Å².